The molecule has 5 heteroatoms. The topological polar surface area (TPSA) is 32.3 Å². The average Bonchev–Trinajstić information content (AvgIpc) is 2.50. The van der Waals surface area contributed by atoms with Crippen molar-refractivity contribution in [1.29, 1.82) is 0 Å². The van der Waals surface area contributed by atoms with Gasteiger partial charge in [0.25, 0.3) is 5.91 Å². The summed E-state index contributed by atoms with van der Waals surface area (Å²) in [6.07, 6.45) is 0.295. The second kappa shape index (κ2) is 4.94. The highest BCUT2D eigenvalue weighted by Crippen LogP contribution is 2.22. The van der Waals surface area contributed by atoms with Gasteiger partial charge in [0.1, 0.15) is 0 Å². The summed E-state index contributed by atoms with van der Waals surface area (Å²) in [4.78, 5) is 13.1. The van der Waals surface area contributed by atoms with E-state index >= 15 is 0 Å². The molecule has 1 unspecified atom stereocenters. The summed E-state index contributed by atoms with van der Waals surface area (Å²) < 4.78 is 13.9. The molecule has 1 aliphatic rings. The Hall–Kier alpha value is -0.350. The quantitative estimate of drug-likeness (QED) is 0.759. The highest BCUT2D eigenvalue weighted by Gasteiger charge is 2.43. The van der Waals surface area contributed by atoms with Crippen molar-refractivity contribution in [2.75, 3.05) is 20.1 Å². The molecule has 1 fully saturated rings. The van der Waals surface area contributed by atoms with E-state index in [9.17, 15) is 9.18 Å². The Morgan fingerprint density at radius 1 is 1.57 bits per heavy atom. The summed E-state index contributed by atoms with van der Waals surface area (Å²) in [6.45, 7) is 4.50. The fourth-order valence-corrected chi connectivity index (χ4v) is 1.39. The van der Waals surface area contributed by atoms with Crippen LogP contribution in [0.4, 0.5) is 4.39 Å². The molecule has 0 saturated carbocycles. The van der Waals surface area contributed by atoms with Crippen LogP contribution in [0.2, 0.25) is 0 Å². The third kappa shape index (κ3) is 2.58. The maximum Gasteiger partial charge on any atom is 0.261 e. The maximum atomic E-state index is 13.9. The first-order valence-electron chi connectivity index (χ1n) is 4.64. The minimum Gasteiger partial charge on any atom is -0.341 e. The van der Waals surface area contributed by atoms with Crippen molar-refractivity contribution in [3.05, 3.63) is 0 Å². The smallest absolute Gasteiger partial charge is 0.261 e. The van der Waals surface area contributed by atoms with Gasteiger partial charge in [-0.05, 0) is 20.4 Å². The Labute approximate surface area is 90.4 Å². The number of hydrogen-bond acceptors (Lipinski definition) is 2. The van der Waals surface area contributed by atoms with Crippen LogP contribution in [-0.2, 0) is 4.79 Å². The first kappa shape index (κ1) is 13.7. The molecule has 1 aliphatic heterocycles. The molecule has 0 aliphatic carbocycles. The lowest BCUT2D eigenvalue weighted by atomic mass is 10.0. The molecule has 0 spiro atoms. The van der Waals surface area contributed by atoms with E-state index in [1.807, 2.05) is 13.8 Å². The van der Waals surface area contributed by atoms with E-state index < -0.39 is 11.6 Å². The zero-order valence-corrected chi connectivity index (χ0v) is 9.66. The van der Waals surface area contributed by atoms with Gasteiger partial charge in [-0.3, -0.25) is 4.79 Å². The molecule has 1 heterocycles. The molecule has 3 nitrogen and oxygen atoms in total. The van der Waals surface area contributed by atoms with Crippen molar-refractivity contribution in [1.82, 2.24) is 10.2 Å². The van der Waals surface area contributed by atoms with Crippen LogP contribution >= 0.6 is 12.4 Å². The lowest BCUT2D eigenvalue weighted by Gasteiger charge is -2.28. The Morgan fingerprint density at radius 2 is 2.14 bits per heavy atom. The van der Waals surface area contributed by atoms with Gasteiger partial charge in [0.05, 0.1) is 0 Å². The van der Waals surface area contributed by atoms with Gasteiger partial charge < -0.3 is 10.2 Å². The van der Waals surface area contributed by atoms with Crippen LogP contribution in [0.1, 0.15) is 20.3 Å². The second-order valence-corrected chi connectivity index (χ2v) is 3.90. The summed E-state index contributed by atoms with van der Waals surface area (Å²) in [5.74, 6) is -0.396. The van der Waals surface area contributed by atoms with Crippen molar-refractivity contribution < 1.29 is 9.18 Å². The minimum atomic E-state index is -1.67. The number of nitrogens with zero attached hydrogens (tertiary/aromatic N) is 1. The number of alkyl halides is 1. The monoisotopic (exact) mass is 224 g/mol. The van der Waals surface area contributed by atoms with Gasteiger partial charge in [0.2, 0.25) is 5.67 Å². The normalized spacial score (nSPS) is 26.1. The number of amides is 1. The van der Waals surface area contributed by atoms with Crippen molar-refractivity contribution >= 4 is 18.3 Å². The number of hydrogen-bond donors (Lipinski definition) is 1. The van der Waals surface area contributed by atoms with Gasteiger partial charge in [0, 0.05) is 26.1 Å². The lowest BCUT2D eigenvalue weighted by Crippen LogP contribution is -2.48. The molecule has 0 aromatic heterocycles. The van der Waals surface area contributed by atoms with E-state index in [1.165, 1.54) is 4.90 Å². The first-order valence-corrected chi connectivity index (χ1v) is 4.64. The Morgan fingerprint density at radius 3 is 2.50 bits per heavy atom. The maximum absolute atomic E-state index is 13.9. The molecule has 1 rings (SSSR count). The molecule has 0 bridgehead atoms. The van der Waals surface area contributed by atoms with Crippen LogP contribution in [0.5, 0.6) is 0 Å². The molecule has 0 aromatic carbocycles. The Kier molecular flexibility index (Phi) is 4.81. The molecule has 1 N–H and O–H groups in total. The predicted octanol–water partition coefficient (Wildman–Crippen LogP) is 0.977. The Balaban J connectivity index is 0.00000169. The standard InChI is InChI=1S/C9H17FN2O.ClH/c1-7(2)12(3)8(13)9(10)4-5-11-6-9;/h7,11H,4-6H2,1-3H3;1H. The predicted molar refractivity (Wildman–Crippen MR) is 56.5 cm³/mol. The third-order valence-corrected chi connectivity index (χ3v) is 2.58. The van der Waals surface area contributed by atoms with E-state index in [0.717, 1.165) is 0 Å². The molecule has 1 amide bonds. The molecular formula is C9H18ClFN2O. The van der Waals surface area contributed by atoms with E-state index in [4.69, 9.17) is 0 Å². The van der Waals surface area contributed by atoms with Crippen molar-refractivity contribution in [3.63, 3.8) is 0 Å². The molecule has 84 valence electrons. The summed E-state index contributed by atoms with van der Waals surface area (Å²) in [7, 11) is 1.65. The summed E-state index contributed by atoms with van der Waals surface area (Å²) in [6, 6.07) is 0.0562. The lowest BCUT2D eigenvalue weighted by molar-refractivity contribution is -0.143. The average molecular weight is 225 g/mol. The van der Waals surface area contributed by atoms with E-state index in [0.29, 0.717) is 13.0 Å². The fraction of sp³-hybridized carbons (Fsp3) is 0.889. The number of carbonyl (C=O) groups is 1. The van der Waals surface area contributed by atoms with Crippen molar-refractivity contribution in [2.45, 2.75) is 32.0 Å². The Bertz CT molecular complexity index is 205. The van der Waals surface area contributed by atoms with E-state index in [1.54, 1.807) is 7.05 Å². The molecule has 1 saturated heterocycles. The third-order valence-electron chi connectivity index (χ3n) is 2.58. The van der Waals surface area contributed by atoms with Crippen molar-refractivity contribution in [3.8, 4) is 0 Å². The zero-order valence-electron chi connectivity index (χ0n) is 8.84. The van der Waals surface area contributed by atoms with Gasteiger partial charge in [-0.1, -0.05) is 0 Å². The second-order valence-electron chi connectivity index (χ2n) is 3.90. The first-order chi connectivity index (χ1) is 5.97. The number of rotatable bonds is 2. The highest BCUT2D eigenvalue weighted by molar-refractivity contribution is 5.86. The van der Waals surface area contributed by atoms with Gasteiger partial charge in [-0.15, -0.1) is 12.4 Å². The summed E-state index contributed by atoms with van der Waals surface area (Å²) in [5, 5.41) is 2.87. The molecule has 0 radical (unpaired) electrons. The van der Waals surface area contributed by atoms with Gasteiger partial charge in [-0.2, -0.15) is 0 Å². The van der Waals surface area contributed by atoms with Gasteiger partial charge in [-0.25, -0.2) is 4.39 Å². The van der Waals surface area contributed by atoms with Crippen LogP contribution in [-0.4, -0.2) is 42.7 Å². The minimum absolute atomic E-state index is 0. The van der Waals surface area contributed by atoms with E-state index in [-0.39, 0.29) is 25.0 Å². The van der Waals surface area contributed by atoms with Crippen LogP contribution in [0, 0.1) is 0 Å². The number of carbonyl (C=O) groups excluding carboxylic acids is 1. The van der Waals surface area contributed by atoms with Crippen LogP contribution in [0.15, 0.2) is 0 Å². The number of nitrogens with one attached hydrogen (secondary N) is 1. The van der Waals surface area contributed by atoms with Gasteiger partial charge >= 0.3 is 0 Å². The van der Waals surface area contributed by atoms with Gasteiger partial charge in [0.15, 0.2) is 0 Å². The van der Waals surface area contributed by atoms with Crippen LogP contribution in [0.3, 0.4) is 0 Å². The van der Waals surface area contributed by atoms with Crippen molar-refractivity contribution in [2.24, 2.45) is 0 Å². The largest absolute Gasteiger partial charge is 0.341 e. The fourth-order valence-electron chi connectivity index (χ4n) is 1.39. The summed E-state index contributed by atoms with van der Waals surface area (Å²) >= 11 is 0. The molecule has 0 aromatic rings. The molecular weight excluding hydrogens is 207 g/mol. The SMILES string of the molecule is CC(C)N(C)C(=O)C1(F)CCNC1.Cl. The molecule has 14 heavy (non-hydrogen) atoms. The molecule has 1 atom stereocenters. The zero-order chi connectivity index (χ0) is 10.1. The number of halogens is 2. The van der Waals surface area contributed by atoms with E-state index in [2.05, 4.69) is 5.32 Å². The van der Waals surface area contributed by atoms with Crippen LogP contribution < -0.4 is 5.32 Å². The summed E-state index contributed by atoms with van der Waals surface area (Å²) in [5.41, 5.74) is -1.67. The van der Waals surface area contributed by atoms with Crippen LogP contribution in [0.25, 0.3) is 0 Å². The highest BCUT2D eigenvalue weighted by atomic mass is 35.5.